The van der Waals surface area contributed by atoms with E-state index in [1.165, 1.54) is 5.56 Å². The summed E-state index contributed by atoms with van der Waals surface area (Å²) in [6.07, 6.45) is 2.64. The quantitative estimate of drug-likeness (QED) is 0.735. The Labute approximate surface area is 93.6 Å². The molecule has 2 atom stereocenters. The van der Waals surface area contributed by atoms with Crippen molar-refractivity contribution in [2.24, 2.45) is 0 Å². The van der Waals surface area contributed by atoms with Crippen molar-refractivity contribution >= 4 is 15.9 Å². The predicted octanol–water partition coefficient (Wildman–Crippen LogP) is 3.48. The summed E-state index contributed by atoms with van der Waals surface area (Å²) in [7, 11) is 0. The summed E-state index contributed by atoms with van der Waals surface area (Å²) in [5, 5.41) is 0.940. The molecule has 76 valence electrons. The molecule has 1 aliphatic rings. The highest BCUT2D eigenvalue weighted by Crippen LogP contribution is 2.39. The van der Waals surface area contributed by atoms with Crippen molar-refractivity contribution in [2.45, 2.75) is 31.5 Å². The van der Waals surface area contributed by atoms with Crippen molar-refractivity contribution in [1.29, 1.82) is 0 Å². The highest BCUT2D eigenvalue weighted by Gasteiger charge is 2.36. The number of hydrogen-bond donors (Lipinski definition) is 0. The molecule has 14 heavy (non-hydrogen) atoms. The van der Waals surface area contributed by atoms with E-state index in [1.54, 1.807) is 0 Å². The van der Waals surface area contributed by atoms with Crippen LogP contribution in [-0.4, -0.2) is 11.4 Å². The van der Waals surface area contributed by atoms with E-state index in [1.807, 2.05) is 6.07 Å². The third kappa shape index (κ3) is 1.86. The van der Waals surface area contributed by atoms with Gasteiger partial charge in [-0.3, -0.25) is 0 Å². The van der Waals surface area contributed by atoms with Gasteiger partial charge in [0.1, 0.15) is 0 Å². The van der Waals surface area contributed by atoms with Crippen molar-refractivity contribution in [2.75, 3.05) is 5.33 Å². The number of rotatable bonds is 2. The largest absolute Gasteiger partial charge is 0.366 e. The van der Waals surface area contributed by atoms with Crippen molar-refractivity contribution in [3.05, 3.63) is 35.9 Å². The van der Waals surface area contributed by atoms with Gasteiger partial charge >= 0.3 is 0 Å². The van der Waals surface area contributed by atoms with Crippen LogP contribution in [0.1, 0.15) is 25.3 Å². The summed E-state index contributed by atoms with van der Waals surface area (Å²) < 4.78 is 6.04. The minimum Gasteiger partial charge on any atom is -0.366 e. The monoisotopic (exact) mass is 254 g/mol. The van der Waals surface area contributed by atoms with E-state index in [0.29, 0.717) is 6.10 Å². The van der Waals surface area contributed by atoms with Crippen LogP contribution in [0.2, 0.25) is 0 Å². The topological polar surface area (TPSA) is 9.23 Å². The van der Waals surface area contributed by atoms with Crippen molar-refractivity contribution in [3.63, 3.8) is 0 Å². The lowest BCUT2D eigenvalue weighted by Crippen LogP contribution is -2.22. The minimum absolute atomic E-state index is 0.0697. The smallest absolute Gasteiger partial charge is 0.0908 e. The molecule has 0 radical (unpaired) electrons. The standard InChI is InChI=1S/C12H15BrO/c1-12(8-7-11(9-13)14-12)10-5-3-2-4-6-10/h2-6,11H,7-9H2,1H3. The SMILES string of the molecule is CC1(c2ccccc2)CCC(CBr)O1. The molecular weight excluding hydrogens is 240 g/mol. The fourth-order valence-corrected chi connectivity index (χ4v) is 2.49. The average molecular weight is 255 g/mol. The maximum absolute atomic E-state index is 6.04. The van der Waals surface area contributed by atoms with Crippen molar-refractivity contribution in [3.8, 4) is 0 Å². The van der Waals surface area contributed by atoms with Crippen molar-refractivity contribution in [1.82, 2.24) is 0 Å². The third-order valence-electron chi connectivity index (χ3n) is 2.93. The van der Waals surface area contributed by atoms with Crippen LogP contribution in [-0.2, 0) is 10.3 Å². The van der Waals surface area contributed by atoms with Crippen LogP contribution >= 0.6 is 15.9 Å². The van der Waals surface area contributed by atoms with E-state index >= 15 is 0 Å². The van der Waals surface area contributed by atoms with Gasteiger partial charge in [0.15, 0.2) is 0 Å². The zero-order chi connectivity index (χ0) is 10.0. The van der Waals surface area contributed by atoms with E-state index < -0.39 is 0 Å². The fraction of sp³-hybridized carbons (Fsp3) is 0.500. The van der Waals surface area contributed by atoms with E-state index in [4.69, 9.17) is 4.74 Å². The molecule has 0 N–H and O–H groups in total. The molecule has 1 aromatic carbocycles. The van der Waals surface area contributed by atoms with Gasteiger partial charge in [0.25, 0.3) is 0 Å². The predicted molar refractivity (Wildman–Crippen MR) is 61.7 cm³/mol. The second-order valence-electron chi connectivity index (χ2n) is 4.03. The lowest BCUT2D eigenvalue weighted by atomic mass is 9.93. The van der Waals surface area contributed by atoms with Crippen LogP contribution in [0.5, 0.6) is 0 Å². The number of halogens is 1. The number of ether oxygens (including phenoxy) is 1. The maximum Gasteiger partial charge on any atom is 0.0908 e. The Balaban J connectivity index is 2.19. The van der Waals surface area contributed by atoms with Crippen LogP contribution in [0.15, 0.2) is 30.3 Å². The molecule has 2 unspecified atom stereocenters. The molecule has 0 aromatic heterocycles. The zero-order valence-corrected chi connectivity index (χ0v) is 9.96. The first-order chi connectivity index (χ1) is 6.74. The van der Waals surface area contributed by atoms with Gasteiger partial charge in [-0.25, -0.2) is 0 Å². The number of alkyl halides is 1. The van der Waals surface area contributed by atoms with Gasteiger partial charge < -0.3 is 4.74 Å². The molecule has 1 nitrogen and oxygen atoms in total. The Bertz CT molecular complexity index is 298. The zero-order valence-electron chi connectivity index (χ0n) is 8.37. The van der Waals surface area contributed by atoms with Gasteiger partial charge in [-0.2, -0.15) is 0 Å². The first-order valence-corrected chi connectivity index (χ1v) is 6.16. The molecule has 1 aromatic rings. The third-order valence-corrected chi connectivity index (χ3v) is 3.65. The van der Waals surface area contributed by atoms with Crippen LogP contribution in [0.4, 0.5) is 0 Å². The lowest BCUT2D eigenvalue weighted by molar-refractivity contribution is -0.0220. The first-order valence-electron chi connectivity index (χ1n) is 5.04. The number of hydrogen-bond acceptors (Lipinski definition) is 1. The molecule has 2 heteroatoms. The highest BCUT2D eigenvalue weighted by atomic mass is 79.9. The molecule has 1 saturated heterocycles. The first kappa shape index (κ1) is 10.2. The summed E-state index contributed by atoms with van der Waals surface area (Å²) >= 11 is 3.48. The number of benzene rings is 1. The van der Waals surface area contributed by atoms with Gasteiger partial charge in [0.2, 0.25) is 0 Å². The van der Waals surface area contributed by atoms with Gasteiger partial charge in [-0.1, -0.05) is 46.3 Å². The van der Waals surface area contributed by atoms with Crippen LogP contribution in [0.3, 0.4) is 0 Å². The Morgan fingerprint density at radius 2 is 2.14 bits per heavy atom. The maximum atomic E-state index is 6.04. The van der Waals surface area contributed by atoms with E-state index in [2.05, 4.69) is 47.1 Å². The van der Waals surface area contributed by atoms with E-state index in [0.717, 1.165) is 18.2 Å². The lowest BCUT2D eigenvalue weighted by Gasteiger charge is -2.25. The summed E-state index contributed by atoms with van der Waals surface area (Å²) in [5.74, 6) is 0. The molecule has 0 bridgehead atoms. The molecule has 1 heterocycles. The van der Waals surface area contributed by atoms with Gasteiger partial charge in [-0.05, 0) is 25.3 Å². The fourth-order valence-electron chi connectivity index (χ4n) is 2.03. The molecule has 0 amide bonds. The molecule has 2 rings (SSSR count). The van der Waals surface area contributed by atoms with Crippen molar-refractivity contribution < 1.29 is 4.74 Å². The Morgan fingerprint density at radius 3 is 2.71 bits per heavy atom. The molecule has 1 aliphatic heterocycles. The van der Waals surface area contributed by atoms with Crippen LogP contribution in [0, 0.1) is 0 Å². The van der Waals surface area contributed by atoms with E-state index in [-0.39, 0.29) is 5.60 Å². The van der Waals surface area contributed by atoms with Gasteiger partial charge in [0, 0.05) is 5.33 Å². The average Bonchev–Trinajstić information content (AvgIpc) is 2.63. The normalized spacial score (nSPS) is 32.0. The van der Waals surface area contributed by atoms with Gasteiger partial charge in [0.05, 0.1) is 11.7 Å². The second-order valence-corrected chi connectivity index (χ2v) is 4.68. The summed E-state index contributed by atoms with van der Waals surface area (Å²) in [4.78, 5) is 0. The molecular formula is C12H15BrO. The Morgan fingerprint density at radius 1 is 1.43 bits per heavy atom. The van der Waals surface area contributed by atoms with Crippen LogP contribution in [0.25, 0.3) is 0 Å². The summed E-state index contributed by atoms with van der Waals surface area (Å²) in [5.41, 5.74) is 1.23. The second kappa shape index (κ2) is 4.03. The molecule has 0 saturated carbocycles. The van der Waals surface area contributed by atoms with Crippen LogP contribution < -0.4 is 0 Å². The summed E-state index contributed by atoms with van der Waals surface area (Å²) in [6.45, 7) is 2.19. The molecule has 0 aliphatic carbocycles. The molecule has 0 spiro atoms. The van der Waals surface area contributed by atoms with Gasteiger partial charge in [-0.15, -0.1) is 0 Å². The highest BCUT2D eigenvalue weighted by molar-refractivity contribution is 9.09. The Kier molecular flexibility index (Phi) is 2.93. The minimum atomic E-state index is -0.0697. The summed E-state index contributed by atoms with van der Waals surface area (Å²) in [6, 6.07) is 10.5. The van der Waals surface area contributed by atoms with E-state index in [9.17, 15) is 0 Å². The Hall–Kier alpha value is -0.340. The molecule has 1 fully saturated rings.